The fourth-order valence-electron chi connectivity index (χ4n) is 4.85. The van der Waals surface area contributed by atoms with Gasteiger partial charge < -0.3 is 14.9 Å². The number of carbonyl (C=O) groups is 4. The third-order valence-corrected chi connectivity index (χ3v) is 7.28. The minimum atomic E-state index is -0.783. The van der Waals surface area contributed by atoms with Gasteiger partial charge in [-0.1, -0.05) is 6.07 Å². The number of rotatable bonds is 4. The number of anilines is 1. The van der Waals surface area contributed by atoms with Gasteiger partial charge in [-0.15, -0.1) is 0 Å². The topological polar surface area (TPSA) is 120 Å². The Morgan fingerprint density at radius 2 is 1.78 bits per heavy atom. The molecular formula is C23H30N4O5. The average molecular weight is 443 g/mol. The van der Waals surface area contributed by atoms with Crippen LogP contribution < -0.4 is 10.2 Å². The van der Waals surface area contributed by atoms with Crippen LogP contribution >= 0.6 is 0 Å². The first-order chi connectivity index (χ1) is 15.3. The predicted octanol–water partition coefficient (Wildman–Crippen LogP) is 1.53. The summed E-state index contributed by atoms with van der Waals surface area (Å²) in [5, 5.41) is 11.8. The van der Waals surface area contributed by atoms with Crippen LogP contribution in [0.2, 0.25) is 0 Å². The van der Waals surface area contributed by atoms with Crippen LogP contribution in [0, 0.1) is 11.3 Å². The van der Waals surface area contributed by atoms with E-state index in [0.717, 1.165) is 37.3 Å². The van der Waals surface area contributed by atoms with Crippen LogP contribution in [0.4, 0.5) is 5.82 Å². The zero-order chi connectivity index (χ0) is 22.9. The molecular weight excluding hydrogens is 412 g/mol. The van der Waals surface area contributed by atoms with Crippen molar-refractivity contribution < 1.29 is 24.3 Å². The summed E-state index contributed by atoms with van der Waals surface area (Å²) < 4.78 is 0. The van der Waals surface area contributed by atoms with Gasteiger partial charge >= 0.3 is 5.97 Å². The molecule has 1 unspecified atom stereocenters. The van der Waals surface area contributed by atoms with Gasteiger partial charge in [0.05, 0.1) is 11.3 Å². The highest BCUT2D eigenvalue weighted by Gasteiger charge is 2.39. The van der Waals surface area contributed by atoms with Crippen LogP contribution in [0.5, 0.6) is 0 Å². The Hall–Kier alpha value is -2.97. The molecule has 1 aromatic rings. The molecule has 3 saturated heterocycles. The van der Waals surface area contributed by atoms with Crippen molar-refractivity contribution in [3.8, 4) is 0 Å². The van der Waals surface area contributed by atoms with Gasteiger partial charge in [-0.05, 0) is 50.7 Å². The van der Waals surface area contributed by atoms with Crippen molar-refractivity contribution in [1.29, 1.82) is 0 Å². The van der Waals surface area contributed by atoms with Crippen LogP contribution in [0.25, 0.3) is 0 Å². The van der Waals surface area contributed by atoms with Crippen LogP contribution in [0.3, 0.4) is 0 Å². The van der Waals surface area contributed by atoms with E-state index in [-0.39, 0.29) is 29.6 Å². The molecule has 1 atom stereocenters. The molecule has 9 nitrogen and oxygen atoms in total. The Balaban J connectivity index is 1.29. The molecule has 0 aliphatic carbocycles. The van der Waals surface area contributed by atoms with Crippen molar-refractivity contribution >= 4 is 29.5 Å². The summed E-state index contributed by atoms with van der Waals surface area (Å²) in [5.41, 5.74) is 0.0773. The number of amides is 3. The highest BCUT2D eigenvalue weighted by molar-refractivity contribution is 6.00. The van der Waals surface area contributed by atoms with Crippen LogP contribution in [-0.4, -0.2) is 64.9 Å². The molecule has 3 aliphatic rings. The quantitative estimate of drug-likeness (QED) is 0.679. The molecule has 3 amide bonds. The number of pyridine rings is 1. The molecule has 1 aromatic heterocycles. The number of aliphatic carboxylic acids is 1. The summed E-state index contributed by atoms with van der Waals surface area (Å²) in [6.07, 6.45) is 5.02. The van der Waals surface area contributed by atoms with E-state index in [1.165, 1.54) is 0 Å². The van der Waals surface area contributed by atoms with E-state index in [0.29, 0.717) is 38.8 Å². The number of carbonyl (C=O) groups excluding carboxylic acids is 3. The van der Waals surface area contributed by atoms with E-state index < -0.39 is 11.4 Å². The molecule has 0 radical (unpaired) electrons. The number of nitrogens with one attached hydrogen (secondary N) is 1. The first-order valence-corrected chi connectivity index (χ1v) is 11.3. The maximum Gasteiger partial charge on any atom is 0.309 e. The molecule has 0 aromatic carbocycles. The number of imide groups is 1. The van der Waals surface area contributed by atoms with E-state index in [4.69, 9.17) is 0 Å². The molecule has 3 fully saturated rings. The summed E-state index contributed by atoms with van der Waals surface area (Å²) in [6.45, 7) is 4.22. The Labute approximate surface area is 187 Å². The third-order valence-electron chi connectivity index (χ3n) is 7.28. The molecule has 3 aliphatic heterocycles. The molecule has 0 spiro atoms. The van der Waals surface area contributed by atoms with Gasteiger partial charge in [0.2, 0.25) is 17.7 Å². The highest BCUT2D eigenvalue weighted by atomic mass is 16.4. The lowest BCUT2D eigenvalue weighted by molar-refractivity contribution is -0.154. The average Bonchev–Trinajstić information content (AvgIpc) is 2.79. The van der Waals surface area contributed by atoms with Gasteiger partial charge in [0.15, 0.2) is 0 Å². The zero-order valence-electron chi connectivity index (χ0n) is 18.4. The number of carboxylic acid groups (broad SMARTS) is 1. The van der Waals surface area contributed by atoms with Crippen molar-refractivity contribution in [2.24, 2.45) is 11.3 Å². The van der Waals surface area contributed by atoms with Gasteiger partial charge in [0.25, 0.3) is 0 Å². The van der Waals surface area contributed by atoms with Gasteiger partial charge in [-0.2, -0.15) is 0 Å². The maximum absolute atomic E-state index is 12.9. The molecule has 2 N–H and O–H groups in total. The molecule has 0 bridgehead atoms. The standard InChI is InChI=1S/C23H30N4O5/c1-23(22(31)32)8-12-27(13-9-23)21(30)15-6-10-26(11-7-15)18-4-2-16(14-24-18)17-3-5-19(28)25-20(17)29/h2,4,14-15,17H,3,5-13H2,1H3,(H,31,32)(H,25,28,29). The number of hydrogen-bond donors (Lipinski definition) is 2. The number of aromatic nitrogens is 1. The highest BCUT2D eigenvalue weighted by Crippen LogP contribution is 2.33. The Morgan fingerprint density at radius 1 is 1.09 bits per heavy atom. The lowest BCUT2D eigenvalue weighted by atomic mass is 9.80. The second kappa shape index (κ2) is 8.88. The molecule has 4 rings (SSSR count). The Morgan fingerprint density at radius 3 is 2.34 bits per heavy atom. The van der Waals surface area contributed by atoms with E-state index in [2.05, 4.69) is 15.2 Å². The predicted molar refractivity (Wildman–Crippen MR) is 116 cm³/mol. The van der Waals surface area contributed by atoms with Crippen molar-refractivity contribution in [2.45, 2.75) is 51.4 Å². The number of nitrogens with zero attached hydrogens (tertiary/aromatic N) is 3. The Bertz CT molecular complexity index is 899. The van der Waals surface area contributed by atoms with Crippen molar-refractivity contribution in [3.63, 3.8) is 0 Å². The van der Waals surface area contributed by atoms with Gasteiger partial charge in [0.1, 0.15) is 5.82 Å². The largest absolute Gasteiger partial charge is 0.481 e. The van der Waals surface area contributed by atoms with Crippen LogP contribution in [0.1, 0.15) is 56.9 Å². The summed E-state index contributed by atoms with van der Waals surface area (Å²) in [5.74, 6) is -0.701. The van der Waals surface area contributed by atoms with E-state index >= 15 is 0 Å². The first-order valence-electron chi connectivity index (χ1n) is 11.3. The summed E-state index contributed by atoms with van der Waals surface area (Å²) in [4.78, 5) is 56.3. The normalized spacial score (nSPS) is 24.2. The number of piperidine rings is 3. The second-order valence-corrected chi connectivity index (χ2v) is 9.41. The molecule has 4 heterocycles. The molecule has 32 heavy (non-hydrogen) atoms. The number of likely N-dealkylation sites (tertiary alicyclic amines) is 1. The lowest BCUT2D eigenvalue weighted by Crippen LogP contribution is -2.48. The monoisotopic (exact) mass is 442 g/mol. The third kappa shape index (κ3) is 4.47. The fraction of sp³-hybridized carbons (Fsp3) is 0.609. The smallest absolute Gasteiger partial charge is 0.309 e. The van der Waals surface area contributed by atoms with E-state index in [1.54, 1.807) is 13.1 Å². The minimum Gasteiger partial charge on any atom is -0.481 e. The summed E-state index contributed by atoms with van der Waals surface area (Å²) in [6, 6.07) is 3.80. The van der Waals surface area contributed by atoms with Crippen molar-refractivity contribution in [3.05, 3.63) is 23.9 Å². The molecule has 0 saturated carbocycles. The van der Waals surface area contributed by atoms with Crippen molar-refractivity contribution in [2.75, 3.05) is 31.1 Å². The fourth-order valence-corrected chi connectivity index (χ4v) is 4.85. The SMILES string of the molecule is CC1(C(=O)O)CCN(C(=O)C2CCN(c3ccc(C4CCC(=O)NC4=O)cn3)CC2)CC1. The van der Waals surface area contributed by atoms with E-state index in [9.17, 15) is 24.3 Å². The number of carboxylic acids is 1. The van der Waals surface area contributed by atoms with E-state index in [1.807, 2.05) is 17.0 Å². The van der Waals surface area contributed by atoms with Gasteiger partial charge in [-0.3, -0.25) is 24.5 Å². The minimum absolute atomic E-state index is 0.0387. The first kappa shape index (κ1) is 22.2. The zero-order valence-corrected chi connectivity index (χ0v) is 18.4. The summed E-state index contributed by atoms with van der Waals surface area (Å²) >= 11 is 0. The molecule has 9 heteroatoms. The summed E-state index contributed by atoms with van der Waals surface area (Å²) in [7, 11) is 0. The van der Waals surface area contributed by atoms with Crippen LogP contribution in [0.15, 0.2) is 18.3 Å². The number of hydrogen-bond acceptors (Lipinski definition) is 6. The van der Waals surface area contributed by atoms with Gasteiger partial charge in [0, 0.05) is 44.7 Å². The van der Waals surface area contributed by atoms with Gasteiger partial charge in [-0.25, -0.2) is 4.98 Å². The lowest BCUT2D eigenvalue weighted by Gasteiger charge is -2.39. The molecule has 172 valence electrons. The second-order valence-electron chi connectivity index (χ2n) is 9.41. The van der Waals surface area contributed by atoms with Crippen molar-refractivity contribution in [1.82, 2.24) is 15.2 Å². The maximum atomic E-state index is 12.9. The Kier molecular flexibility index (Phi) is 6.17. The van der Waals surface area contributed by atoms with Crippen LogP contribution in [-0.2, 0) is 19.2 Å².